The van der Waals surface area contributed by atoms with Gasteiger partial charge in [-0.1, -0.05) is 52.0 Å². The van der Waals surface area contributed by atoms with Crippen LogP contribution in [0, 0.1) is 5.92 Å². The molecule has 0 radical (unpaired) electrons. The Morgan fingerprint density at radius 1 is 0.920 bits per heavy atom. The van der Waals surface area contributed by atoms with E-state index in [0.717, 1.165) is 0 Å². The highest BCUT2D eigenvalue weighted by molar-refractivity contribution is 5.85. The molecule has 25 heavy (non-hydrogen) atoms. The van der Waals surface area contributed by atoms with Gasteiger partial charge in [-0.3, -0.25) is 9.59 Å². The minimum absolute atomic E-state index is 0.0281. The first-order valence-electron chi connectivity index (χ1n) is 9.20. The van der Waals surface area contributed by atoms with Gasteiger partial charge in [0.15, 0.2) is 6.54 Å². The Balaban J connectivity index is 2.55. The Morgan fingerprint density at radius 3 is 1.96 bits per heavy atom. The van der Waals surface area contributed by atoms with Crippen LogP contribution in [-0.2, 0) is 9.59 Å². The van der Waals surface area contributed by atoms with Gasteiger partial charge in [-0.05, 0) is 25.3 Å². The molecule has 0 saturated carbocycles. The summed E-state index contributed by atoms with van der Waals surface area (Å²) < 4.78 is 0. The molecule has 0 aromatic heterocycles. The van der Waals surface area contributed by atoms with Crippen molar-refractivity contribution in [3.8, 4) is 0 Å². The lowest BCUT2D eigenvalue weighted by molar-refractivity contribution is -0.692. The number of rotatable bonds is 9. The Morgan fingerprint density at radius 2 is 1.48 bits per heavy atom. The molecule has 0 heterocycles. The van der Waals surface area contributed by atoms with Crippen LogP contribution in [0.1, 0.15) is 64.6 Å². The number of hydrogen-bond donors (Lipinski definition) is 3. The predicted molar refractivity (Wildman–Crippen MR) is 101 cm³/mol. The van der Waals surface area contributed by atoms with E-state index in [1.165, 1.54) is 11.1 Å². The Kier molecular flexibility index (Phi) is 8.62. The standard InChI is InChI=1S/C20H33N3O2/c1-13(2)16-7-9-17(10-8-16)20(14(3)4)22-11-18(24)21-12-19(25)23-15(5)6/h7-10,13-15,20,22H,11-12H2,1-6H3,(H,21,24)(H,23,25)/p+1/t20-/m0/s1. The highest BCUT2D eigenvalue weighted by Gasteiger charge is 2.20. The number of amides is 2. The van der Waals surface area contributed by atoms with E-state index in [2.05, 4.69) is 62.6 Å². The second kappa shape index (κ2) is 10.2. The van der Waals surface area contributed by atoms with Crippen LogP contribution >= 0.6 is 0 Å². The van der Waals surface area contributed by atoms with Crippen LogP contribution in [0.25, 0.3) is 0 Å². The van der Waals surface area contributed by atoms with Gasteiger partial charge in [0.1, 0.15) is 6.04 Å². The second-order valence-electron chi connectivity index (χ2n) is 7.53. The van der Waals surface area contributed by atoms with Crippen LogP contribution in [0.3, 0.4) is 0 Å². The summed E-state index contributed by atoms with van der Waals surface area (Å²) in [6, 6.07) is 8.94. The third kappa shape index (κ3) is 7.69. The molecule has 0 unspecified atom stereocenters. The molecule has 1 aromatic carbocycles. The van der Waals surface area contributed by atoms with Crippen molar-refractivity contribution in [2.24, 2.45) is 5.92 Å². The van der Waals surface area contributed by atoms with Crippen LogP contribution in [0.15, 0.2) is 24.3 Å². The van der Waals surface area contributed by atoms with Crippen molar-refractivity contribution in [2.45, 2.75) is 59.5 Å². The quantitative estimate of drug-likeness (QED) is 0.635. The summed E-state index contributed by atoms with van der Waals surface area (Å²) in [5.41, 5.74) is 2.55. The fourth-order valence-electron chi connectivity index (χ4n) is 2.75. The van der Waals surface area contributed by atoms with Crippen molar-refractivity contribution in [3.05, 3.63) is 35.4 Å². The summed E-state index contributed by atoms with van der Waals surface area (Å²) in [5.74, 6) is 0.636. The monoisotopic (exact) mass is 348 g/mol. The topological polar surface area (TPSA) is 74.8 Å². The number of carbonyl (C=O) groups is 2. The lowest BCUT2D eigenvalue weighted by Crippen LogP contribution is -2.88. The smallest absolute Gasteiger partial charge is 0.275 e. The fraction of sp³-hybridized carbons (Fsp3) is 0.600. The summed E-state index contributed by atoms with van der Waals surface area (Å²) in [4.78, 5) is 23.6. The highest BCUT2D eigenvalue weighted by atomic mass is 16.2. The fourth-order valence-corrected chi connectivity index (χ4v) is 2.75. The molecule has 0 spiro atoms. The van der Waals surface area contributed by atoms with Crippen molar-refractivity contribution in [2.75, 3.05) is 13.1 Å². The predicted octanol–water partition coefficient (Wildman–Crippen LogP) is 1.71. The number of hydrogen-bond acceptors (Lipinski definition) is 2. The largest absolute Gasteiger partial charge is 0.352 e. The average molecular weight is 349 g/mol. The molecule has 1 aromatic rings. The lowest BCUT2D eigenvalue weighted by atomic mass is 9.93. The van der Waals surface area contributed by atoms with E-state index in [4.69, 9.17) is 0 Å². The highest BCUT2D eigenvalue weighted by Crippen LogP contribution is 2.21. The molecule has 0 aliphatic carbocycles. The number of nitrogens with two attached hydrogens (primary N) is 1. The maximum absolute atomic E-state index is 12.0. The van der Waals surface area contributed by atoms with Gasteiger partial charge in [0.2, 0.25) is 5.91 Å². The molecule has 1 atom stereocenters. The molecule has 0 bridgehead atoms. The lowest BCUT2D eigenvalue weighted by Gasteiger charge is -2.20. The third-order valence-corrected chi connectivity index (χ3v) is 4.16. The summed E-state index contributed by atoms with van der Waals surface area (Å²) >= 11 is 0. The second-order valence-corrected chi connectivity index (χ2v) is 7.53. The first-order chi connectivity index (χ1) is 11.7. The Labute approximate surface area is 152 Å². The van der Waals surface area contributed by atoms with E-state index in [1.54, 1.807) is 0 Å². The van der Waals surface area contributed by atoms with E-state index in [1.807, 2.05) is 19.2 Å². The van der Waals surface area contributed by atoms with Crippen LogP contribution in [0.5, 0.6) is 0 Å². The van der Waals surface area contributed by atoms with E-state index in [-0.39, 0.29) is 30.4 Å². The first-order valence-corrected chi connectivity index (χ1v) is 9.20. The summed E-state index contributed by atoms with van der Waals surface area (Å²) in [6.45, 7) is 12.8. The molecular formula is C20H34N3O2+. The molecule has 0 fully saturated rings. The molecule has 4 N–H and O–H groups in total. The van der Waals surface area contributed by atoms with Crippen LogP contribution in [0.2, 0.25) is 0 Å². The van der Waals surface area contributed by atoms with Crippen LogP contribution in [-0.4, -0.2) is 30.9 Å². The molecule has 140 valence electrons. The molecule has 5 nitrogen and oxygen atoms in total. The normalized spacial score (nSPS) is 12.5. The maximum Gasteiger partial charge on any atom is 0.275 e. The van der Waals surface area contributed by atoms with Gasteiger partial charge in [-0.2, -0.15) is 0 Å². The van der Waals surface area contributed by atoms with Crippen molar-refractivity contribution in [1.29, 1.82) is 0 Å². The number of nitrogens with one attached hydrogen (secondary N) is 2. The first kappa shape index (κ1) is 21.2. The van der Waals surface area contributed by atoms with Gasteiger partial charge in [-0.25, -0.2) is 0 Å². The molecule has 1 rings (SSSR count). The van der Waals surface area contributed by atoms with Crippen molar-refractivity contribution >= 4 is 11.8 Å². The van der Waals surface area contributed by atoms with Gasteiger partial charge in [-0.15, -0.1) is 0 Å². The van der Waals surface area contributed by atoms with E-state index in [9.17, 15) is 9.59 Å². The van der Waals surface area contributed by atoms with Gasteiger partial charge in [0, 0.05) is 17.5 Å². The summed E-state index contributed by atoms with van der Waals surface area (Å²) in [6.07, 6.45) is 0. The van der Waals surface area contributed by atoms with Gasteiger partial charge >= 0.3 is 0 Å². The minimum Gasteiger partial charge on any atom is -0.352 e. The minimum atomic E-state index is -0.159. The molecule has 0 saturated heterocycles. The van der Waals surface area contributed by atoms with Gasteiger partial charge in [0.25, 0.3) is 5.91 Å². The molecule has 5 heteroatoms. The Hall–Kier alpha value is -1.88. The van der Waals surface area contributed by atoms with Crippen molar-refractivity contribution in [3.63, 3.8) is 0 Å². The van der Waals surface area contributed by atoms with E-state index < -0.39 is 0 Å². The zero-order chi connectivity index (χ0) is 19.0. The number of carbonyl (C=O) groups excluding carboxylic acids is 2. The molecule has 0 aliphatic heterocycles. The van der Waals surface area contributed by atoms with Crippen molar-refractivity contribution < 1.29 is 14.9 Å². The zero-order valence-corrected chi connectivity index (χ0v) is 16.4. The van der Waals surface area contributed by atoms with Crippen molar-refractivity contribution in [1.82, 2.24) is 10.6 Å². The summed E-state index contributed by atoms with van der Waals surface area (Å²) in [7, 11) is 0. The van der Waals surface area contributed by atoms with Gasteiger partial charge in [0.05, 0.1) is 6.54 Å². The van der Waals surface area contributed by atoms with Gasteiger partial charge < -0.3 is 16.0 Å². The molecular weight excluding hydrogens is 314 g/mol. The van der Waals surface area contributed by atoms with E-state index in [0.29, 0.717) is 18.4 Å². The van der Waals surface area contributed by atoms with E-state index >= 15 is 0 Å². The SMILES string of the molecule is CC(C)NC(=O)CNC(=O)C[NH2+][C@H](c1ccc(C(C)C)cc1)C(C)C. The number of benzene rings is 1. The molecule has 0 aliphatic rings. The third-order valence-electron chi connectivity index (χ3n) is 4.16. The average Bonchev–Trinajstić information content (AvgIpc) is 2.52. The Bertz CT molecular complexity index is 551. The van der Waals surface area contributed by atoms with Crippen LogP contribution < -0.4 is 16.0 Å². The summed E-state index contributed by atoms with van der Waals surface area (Å²) in [5, 5.41) is 7.48. The maximum atomic E-state index is 12.0. The zero-order valence-electron chi connectivity index (χ0n) is 16.4. The molecule has 2 amide bonds. The number of quaternary nitrogens is 1. The van der Waals surface area contributed by atoms with Crippen LogP contribution in [0.4, 0.5) is 0 Å².